The van der Waals surface area contributed by atoms with Gasteiger partial charge in [-0.3, -0.25) is 0 Å². The van der Waals surface area contributed by atoms with Gasteiger partial charge in [0.25, 0.3) is 8.32 Å². The molecule has 0 fully saturated rings. The topological polar surface area (TPSA) is 9.23 Å². The number of hydrogen-bond donors (Lipinski definition) is 0. The predicted octanol–water partition coefficient (Wildman–Crippen LogP) is 6.87. The molecule has 0 unspecified atom stereocenters. The summed E-state index contributed by atoms with van der Waals surface area (Å²) in [5, 5.41) is 2.83. The number of rotatable bonds is 12. The Balaban J connectivity index is 2.02. The van der Waals surface area contributed by atoms with Crippen LogP contribution >= 0.6 is 0 Å². The Kier molecular flexibility index (Phi) is 9.90. The van der Waals surface area contributed by atoms with Gasteiger partial charge in [0.15, 0.2) is 0 Å². The van der Waals surface area contributed by atoms with Crippen molar-refractivity contribution in [3.63, 3.8) is 0 Å². The summed E-state index contributed by atoms with van der Waals surface area (Å²) < 4.78 is 6.96. The first-order valence-electron chi connectivity index (χ1n) is 11.4. The third-order valence-electron chi connectivity index (χ3n) is 5.74. The maximum atomic E-state index is 6.96. The molecule has 158 valence electrons. The third-order valence-corrected chi connectivity index (χ3v) is 10.8. The molecule has 0 radical (unpaired) electrons. The number of benzene rings is 2. The first-order valence-corrected chi connectivity index (χ1v) is 13.3. The molecule has 0 atom stereocenters. The molecule has 0 bridgehead atoms. The highest BCUT2D eigenvalue weighted by Gasteiger charge is 2.49. The Morgan fingerprint density at radius 3 is 1.69 bits per heavy atom. The highest BCUT2D eigenvalue weighted by Crippen LogP contribution is 2.36. The molecule has 0 aliphatic rings. The summed E-state index contributed by atoms with van der Waals surface area (Å²) in [5.41, 5.74) is 0. The Hall–Kier alpha value is -1.64. The quantitative estimate of drug-likeness (QED) is 0.211. The van der Waals surface area contributed by atoms with Crippen molar-refractivity contribution in [1.82, 2.24) is 0 Å². The normalized spacial score (nSPS) is 12.6. The van der Waals surface area contributed by atoms with E-state index in [2.05, 4.69) is 101 Å². The van der Waals surface area contributed by atoms with Gasteiger partial charge >= 0.3 is 0 Å². The molecule has 2 aromatic rings. The summed E-state index contributed by atoms with van der Waals surface area (Å²) in [6, 6.07) is 21.9. The molecule has 0 saturated heterocycles. The van der Waals surface area contributed by atoms with E-state index in [0.29, 0.717) is 0 Å². The fourth-order valence-electron chi connectivity index (χ4n) is 4.22. The van der Waals surface area contributed by atoms with Crippen molar-refractivity contribution in [2.75, 3.05) is 6.61 Å². The van der Waals surface area contributed by atoms with E-state index in [1.807, 2.05) is 0 Å². The van der Waals surface area contributed by atoms with Gasteiger partial charge in [-0.2, -0.15) is 0 Å². The lowest BCUT2D eigenvalue weighted by Crippen LogP contribution is -2.66. The first kappa shape index (κ1) is 23.6. The van der Waals surface area contributed by atoms with E-state index in [4.69, 9.17) is 4.43 Å². The van der Waals surface area contributed by atoms with Gasteiger partial charge in [-0.05, 0) is 41.6 Å². The van der Waals surface area contributed by atoms with Gasteiger partial charge in [0.05, 0.1) is 0 Å². The van der Waals surface area contributed by atoms with Crippen LogP contribution in [0.25, 0.3) is 0 Å². The van der Waals surface area contributed by atoms with Crippen LogP contribution < -0.4 is 10.4 Å². The third kappa shape index (κ3) is 6.69. The van der Waals surface area contributed by atoms with Crippen LogP contribution in [-0.2, 0) is 4.43 Å². The van der Waals surface area contributed by atoms with Crippen LogP contribution in [0.1, 0.15) is 72.6 Å². The summed E-state index contributed by atoms with van der Waals surface area (Å²) in [4.78, 5) is 0. The SMILES string of the molecule is C/C=C/CCCCCCCCO[Si](c1ccccc1)(c1ccccc1)C(C)(C)C. The van der Waals surface area contributed by atoms with Crippen molar-refractivity contribution in [1.29, 1.82) is 0 Å². The molecule has 2 heteroatoms. The smallest absolute Gasteiger partial charge is 0.261 e. The summed E-state index contributed by atoms with van der Waals surface area (Å²) in [6.07, 6.45) is 13.4. The van der Waals surface area contributed by atoms with Crippen LogP contribution in [0, 0.1) is 0 Å². The zero-order valence-corrected chi connectivity index (χ0v) is 20.0. The van der Waals surface area contributed by atoms with Gasteiger partial charge in [0.2, 0.25) is 0 Å². The fourth-order valence-corrected chi connectivity index (χ4v) is 8.83. The molecule has 2 rings (SSSR count). The molecule has 2 aromatic carbocycles. The van der Waals surface area contributed by atoms with Crippen molar-refractivity contribution in [2.45, 2.75) is 77.7 Å². The lowest BCUT2D eigenvalue weighted by Gasteiger charge is -2.43. The van der Waals surface area contributed by atoms with E-state index >= 15 is 0 Å². The van der Waals surface area contributed by atoms with Gasteiger partial charge in [0.1, 0.15) is 0 Å². The molecule has 0 spiro atoms. The largest absolute Gasteiger partial charge is 0.407 e. The molecule has 0 aromatic heterocycles. The van der Waals surface area contributed by atoms with Crippen molar-refractivity contribution < 1.29 is 4.43 Å². The molecule has 0 aliphatic carbocycles. The average Bonchev–Trinajstić information content (AvgIpc) is 2.72. The number of hydrogen-bond acceptors (Lipinski definition) is 1. The average molecular weight is 409 g/mol. The standard InChI is InChI=1S/C27H40OSi/c1-5-6-7-8-9-10-11-12-19-24-28-29(27(2,3)4,25-20-15-13-16-21-25)26-22-17-14-18-23-26/h5-6,13-18,20-23H,7-12,19,24H2,1-4H3/b6-5+. The van der Waals surface area contributed by atoms with Crippen molar-refractivity contribution in [3.05, 3.63) is 72.8 Å². The second-order valence-corrected chi connectivity index (χ2v) is 13.3. The maximum Gasteiger partial charge on any atom is 0.261 e. The van der Waals surface area contributed by atoms with E-state index in [0.717, 1.165) is 13.0 Å². The van der Waals surface area contributed by atoms with Crippen LogP contribution in [0.3, 0.4) is 0 Å². The van der Waals surface area contributed by atoms with E-state index in [9.17, 15) is 0 Å². The minimum absolute atomic E-state index is 0.0719. The van der Waals surface area contributed by atoms with Gasteiger partial charge in [-0.25, -0.2) is 0 Å². The molecule has 0 amide bonds. The van der Waals surface area contributed by atoms with Gasteiger partial charge in [0, 0.05) is 6.61 Å². The highest BCUT2D eigenvalue weighted by molar-refractivity contribution is 6.99. The minimum atomic E-state index is -2.35. The first-order chi connectivity index (χ1) is 14.0. The zero-order chi connectivity index (χ0) is 21.0. The zero-order valence-electron chi connectivity index (χ0n) is 19.0. The summed E-state index contributed by atoms with van der Waals surface area (Å²) >= 11 is 0. The Morgan fingerprint density at radius 1 is 0.724 bits per heavy atom. The predicted molar refractivity (Wildman–Crippen MR) is 131 cm³/mol. The van der Waals surface area contributed by atoms with E-state index in [1.54, 1.807) is 0 Å². The number of allylic oxidation sites excluding steroid dienone is 2. The van der Waals surface area contributed by atoms with Gasteiger partial charge in [-0.1, -0.05) is 119 Å². The molecular formula is C27H40OSi. The molecule has 29 heavy (non-hydrogen) atoms. The summed E-state index contributed by atoms with van der Waals surface area (Å²) in [5.74, 6) is 0. The van der Waals surface area contributed by atoms with Crippen molar-refractivity contribution in [3.8, 4) is 0 Å². The highest BCUT2D eigenvalue weighted by atomic mass is 28.4. The molecule has 0 N–H and O–H groups in total. The second kappa shape index (κ2) is 12.1. The Labute approximate surface area is 180 Å². The molecule has 0 aliphatic heterocycles. The molecular weight excluding hydrogens is 368 g/mol. The molecule has 0 saturated carbocycles. The van der Waals surface area contributed by atoms with Crippen molar-refractivity contribution in [2.24, 2.45) is 0 Å². The Morgan fingerprint density at radius 2 is 1.21 bits per heavy atom. The van der Waals surface area contributed by atoms with Crippen LogP contribution in [-0.4, -0.2) is 14.9 Å². The van der Waals surface area contributed by atoms with Crippen LogP contribution in [0.2, 0.25) is 5.04 Å². The Bertz CT molecular complexity index is 661. The van der Waals surface area contributed by atoms with E-state index in [-0.39, 0.29) is 5.04 Å². The van der Waals surface area contributed by atoms with E-state index < -0.39 is 8.32 Å². The maximum absolute atomic E-state index is 6.96. The lowest BCUT2D eigenvalue weighted by molar-refractivity contribution is 0.286. The molecule has 0 heterocycles. The van der Waals surface area contributed by atoms with Gasteiger partial charge < -0.3 is 4.43 Å². The fraction of sp³-hybridized carbons (Fsp3) is 0.481. The molecule has 1 nitrogen and oxygen atoms in total. The number of unbranched alkanes of at least 4 members (excludes halogenated alkanes) is 6. The summed E-state index contributed by atoms with van der Waals surface area (Å²) in [6.45, 7) is 10.0. The lowest BCUT2D eigenvalue weighted by atomic mass is 10.1. The van der Waals surface area contributed by atoms with Crippen LogP contribution in [0.5, 0.6) is 0 Å². The van der Waals surface area contributed by atoms with Crippen LogP contribution in [0.4, 0.5) is 0 Å². The monoisotopic (exact) mass is 408 g/mol. The van der Waals surface area contributed by atoms with Crippen LogP contribution in [0.15, 0.2) is 72.8 Å². The second-order valence-electron chi connectivity index (χ2n) is 8.99. The summed E-state index contributed by atoms with van der Waals surface area (Å²) in [7, 11) is -2.35. The van der Waals surface area contributed by atoms with E-state index in [1.165, 1.54) is 48.9 Å². The van der Waals surface area contributed by atoms with Gasteiger partial charge in [-0.15, -0.1) is 0 Å². The van der Waals surface area contributed by atoms with Crippen molar-refractivity contribution >= 4 is 18.7 Å². The minimum Gasteiger partial charge on any atom is -0.407 e.